The Bertz CT molecular complexity index is 1210. The van der Waals surface area contributed by atoms with E-state index in [0.717, 1.165) is 41.1 Å². The number of hydrogen-bond donors (Lipinski definition) is 2. The number of anilines is 1. The standard InChI is InChI=1S/C24H30N6O4/c1-15-22-21(17-5-6-18(26-24(32)33)19(13-17)34-4)27-23(30(22)12-9-25-15)16-7-10-29(11-8-16)20(31)14-28(2)3/h5-6,9,12-13,16,26H,7-8,10-11,14H2,1-4H3,(H,32,33). The SMILES string of the molecule is COc1cc(-c2nc(C3CCN(C(=O)CN(C)C)CC3)n3ccnc(C)c23)ccc1NC(=O)O. The van der Waals surface area contributed by atoms with Crippen LogP contribution in [0, 0.1) is 6.92 Å². The van der Waals surface area contributed by atoms with Gasteiger partial charge in [0.15, 0.2) is 0 Å². The smallest absolute Gasteiger partial charge is 0.409 e. The molecule has 3 aromatic rings. The van der Waals surface area contributed by atoms with Crippen LogP contribution in [0.4, 0.5) is 10.5 Å². The molecular weight excluding hydrogens is 436 g/mol. The number of nitrogens with zero attached hydrogens (tertiary/aromatic N) is 5. The Kier molecular flexibility index (Phi) is 6.69. The fourth-order valence-electron chi connectivity index (χ4n) is 4.52. The van der Waals surface area contributed by atoms with Crippen LogP contribution < -0.4 is 10.1 Å². The highest BCUT2D eigenvalue weighted by atomic mass is 16.5. The maximum Gasteiger partial charge on any atom is 0.409 e. The molecule has 4 rings (SSSR count). The maximum atomic E-state index is 12.5. The molecule has 2 amide bonds. The Labute approximate surface area is 198 Å². The number of piperidine rings is 1. The normalized spacial score (nSPS) is 14.6. The lowest BCUT2D eigenvalue weighted by Crippen LogP contribution is -2.42. The number of likely N-dealkylation sites (N-methyl/N-ethyl adjacent to an activating group) is 1. The number of likely N-dealkylation sites (tertiary alicyclic amines) is 1. The molecule has 0 radical (unpaired) electrons. The highest BCUT2D eigenvalue weighted by Crippen LogP contribution is 2.36. The summed E-state index contributed by atoms with van der Waals surface area (Å²) in [5.41, 5.74) is 3.70. The van der Waals surface area contributed by atoms with E-state index in [4.69, 9.17) is 14.8 Å². The van der Waals surface area contributed by atoms with Crippen LogP contribution in [-0.2, 0) is 4.79 Å². The second-order valence-corrected chi connectivity index (χ2v) is 8.79. The van der Waals surface area contributed by atoms with E-state index in [1.165, 1.54) is 7.11 Å². The number of hydrogen-bond acceptors (Lipinski definition) is 6. The summed E-state index contributed by atoms with van der Waals surface area (Å²) < 4.78 is 7.51. The maximum absolute atomic E-state index is 12.5. The molecule has 1 saturated heterocycles. The van der Waals surface area contributed by atoms with E-state index in [-0.39, 0.29) is 11.8 Å². The average Bonchev–Trinajstić information content (AvgIpc) is 3.19. The van der Waals surface area contributed by atoms with Gasteiger partial charge in [-0.3, -0.25) is 19.5 Å². The number of carboxylic acid groups (broad SMARTS) is 1. The largest absolute Gasteiger partial charge is 0.495 e. The number of aryl methyl sites for hydroxylation is 1. The highest BCUT2D eigenvalue weighted by Gasteiger charge is 2.28. The van der Waals surface area contributed by atoms with Gasteiger partial charge < -0.3 is 19.6 Å². The van der Waals surface area contributed by atoms with Gasteiger partial charge in [-0.15, -0.1) is 0 Å². The van der Waals surface area contributed by atoms with Crippen LogP contribution in [0.2, 0.25) is 0 Å². The van der Waals surface area contributed by atoms with E-state index in [9.17, 15) is 9.59 Å². The number of aromatic nitrogens is 3. The first-order valence-electron chi connectivity index (χ1n) is 11.2. The van der Waals surface area contributed by atoms with Gasteiger partial charge in [-0.1, -0.05) is 6.07 Å². The topological polar surface area (TPSA) is 112 Å². The van der Waals surface area contributed by atoms with E-state index < -0.39 is 6.09 Å². The lowest BCUT2D eigenvalue weighted by atomic mass is 9.96. The molecule has 1 aromatic carbocycles. The second-order valence-electron chi connectivity index (χ2n) is 8.79. The van der Waals surface area contributed by atoms with Crippen molar-refractivity contribution in [2.24, 2.45) is 0 Å². The molecule has 0 aliphatic carbocycles. The van der Waals surface area contributed by atoms with E-state index >= 15 is 0 Å². The van der Waals surface area contributed by atoms with E-state index in [1.807, 2.05) is 43.1 Å². The van der Waals surface area contributed by atoms with Crippen LogP contribution in [0.25, 0.3) is 16.8 Å². The number of rotatable bonds is 6. The van der Waals surface area contributed by atoms with Gasteiger partial charge in [0.25, 0.3) is 0 Å². The molecule has 10 heteroatoms. The summed E-state index contributed by atoms with van der Waals surface area (Å²) in [4.78, 5) is 36.9. The van der Waals surface area contributed by atoms with Gasteiger partial charge in [-0.2, -0.15) is 0 Å². The van der Waals surface area contributed by atoms with Gasteiger partial charge >= 0.3 is 6.09 Å². The Hall–Kier alpha value is -3.66. The van der Waals surface area contributed by atoms with Gasteiger partial charge in [-0.25, -0.2) is 9.78 Å². The number of imidazole rings is 1. The second kappa shape index (κ2) is 9.68. The number of amides is 2. The number of methoxy groups -OCH3 is 1. The fraction of sp³-hybridized carbons (Fsp3) is 0.417. The molecule has 1 aliphatic heterocycles. The minimum absolute atomic E-state index is 0.152. The molecule has 180 valence electrons. The van der Waals surface area contributed by atoms with Crippen molar-refractivity contribution >= 4 is 23.2 Å². The minimum Gasteiger partial charge on any atom is -0.495 e. The summed E-state index contributed by atoms with van der Waals surface area (Å²) in [6, 6.07) is 5.29. The summed E-state index contributed by atoms with van der Waals surface area (Å²) >= 11 is 0. The van der Waals surface area contributed by atoms with E-state index in [2.05, 4.69) is 14.7 Å². The Morgan fingerprint density at radius 2 is 2.00 bits per heavy atom. The van der Waals surface area contributed by atoms with Crippen molar-refractivity contribution in [3.8, 4) is 17.0 Å². The molecule has 0 atom stereocenters. The molecule has 0 spiro atoms. The van der Waals surface area contributed by atoms with Gasteiger partial charge in [0.2, 0.25) is 5.91 Å². The predicted octanol–water partition coefficient (Wildman–Crippen LogP) is 3.07. The minimum atomic E-state index is -1.16. The van der Waals surface area contributed by atoms with Crippen molar-refractivity contribution in [3.63, 3.8) is 0 Å². The molecule has 34 heavy (non-hydrogen) atoms. The van der Waals surface area contributed by atoms with Crippen LogP contribution in [0.5, 0.6) is 5.75 Å². The predicted molar refractivity (Wildman–Crippen MR) is 128 cm³/mol. The molecule has 1 fully saturated rings. The number of nitrogens with one attached hydrogen (secondary N) is 1. The number of ether oxygens (including phenoxy) is 1. The van der Waals surface area contributed by atoms with Crippen LogP contribution in [0.15, 0.2) is 30.6 Å². The third kappa shape index (κ3) is 4.67. The highest BCUT2D eigenvalue weighted by molar-refractivity contribution is 5.88. The third-order valence-electron chi connectivity index (χ3n) is 6.15. The Balaban J connectivity index is 1.68. The number of carbonyl (C=O) groups is 2. The number of carbonyl (C=O) groups excluding carboxylic acids is 1. The summed E-state index contributed by atoms with van der Waals surface area (Å²) in [6.07, 6.45) is 4.22. The van der Waals surface area contributed by atoms with Crippen molar-refractivity contribution in [1.82, 2.24) is 24.2 Å². The van der Waals surface area contributed by atoms with Crippen molar-refractivity contribution in [3.05, 3.63) is 42.1 Å². The van der Waals surface area contributed by atoms with Gasteiger partial charge in [0.05, 0.1) is 36.2 Å². The van der Waals surface area contributed by atoms with Crippen molar-refractivity contribution < 1.29 is 19.4 Å². The van der Waals surface area contributed by atoms with Crippen LogP contribution in [-0.4, -0.2) is 82.1 Å². The van der Waals surface area contributed by atoms with Gasteiger partial charge in [0, 0.05) is 37.0 Å². The van der Waals surface area contributed by atoms with Gasteiger partial charge in [-0.05, 0) is 46.0 Å². The molecule has 0 unspecified atom stereocenters. The summed E-state index contributed by atoms with van der Waals surface area (Å²) in [6.45, 7) is 3.77. The first-order chi connectivity index (χ1) is 16.3. The molecule has 10 nitrogen and oxygen atoms in total. The molecule has 2 N–H and O–H groups in total. The lowest BCUT2D eigenvalue weighted by Gasteiger charge is -2.32. The lowest BCUT2D eigenvalue weighted by molar-refractivity contribution is -0.132. The fourth-order valence-corrected chi connectivity index (χ4v) is 4.52. The first kappa shape index (κ1) is 23.5. The van der Waals surface area contributed by atoms with Crippen LogP contribution >= 0.6 is 0 Å². The van der Waals surface area contributed by atoms with Crippen molar-refractivity contribution in [2.75, 3.05) is 46.2 Å². The molecule has 0 saturated carbocycles. The first-order valence-corrected chi connectivity index (χ1v) is 11.2. The molecular formula is C24H30N6O4. The molecule has 2 aromatic heterocycles. The molecule has 0 bridgehead atoms. The van der Waals surface area contributed by atoms with E-state index in [0.29, 0.717) is 31.1 Å². The van der Waals surface area contributed by atoms with Crippen molar-refractivity contribution in [1.29, 1.82) is 0 Å². The van der Waals surface area contributed by atoms with Crippen LogP contribution in [0.1, 0.15) is 30.3 Å². The zero-order valence-electron chi connectivity index (χ0n) is 19.9. The number of fused-ring (bicyclic) bond motifs is 1. The van der Waals surface area contributed by atoms with E-state index in [1.54, 1.807) is 18.3 Å². The summed E-state index contributed by atoms with van der Waals surface area (Å²) in [5, 5.41) is 11.4. The third-order valence-corrected chi connectivity index (χ3v) is 6.15. The number of benzene rings is 1. The zero-order valence-corrected chi connectivity index (χ0v) is 19.9. The monoisotopic (exact) mass is 466 g/mol. The van der Waals surface area contributed by atoms with Crippen molar-refractivity contribution in [2.45, 2.75) is 25.7 Å². The van der Waals surface area contributed by atoms with Crippen LogP contribution in [0.3, 0.4) is 0 Å². The quantitative estimate of drug-likeness (QED) is 0.574. The zero-order chi connectivity index (χ0) is 24.4. The molecule has 1 aliphatic rings. The Morgan fingerprint density at radius 3 is 2.65 bits per heavy atom. The summed E-state index contributed by atoms with van der Waals surface area (Å²) in [7, 11) is 5.30. The van der Waals surface area contributed by atoms with Gasteiger partial charge in [0.1, 0.15) is 11.6 Å². The molecule has 3 heterocycles. The summed E-state index contributed by atoms with van der Waals surface area (Å²) in [5.74, 6) is 1.72. The average molecular weight is 467 g/mol. The Morgan fingerprint density at radius 1 is 1.26 bits per heavy atom.